The molecule has 1 saturated heterocycles. The standard InChI is InChI=1S/C12H14N2O2/c1-3-10-11(15)14(12(16)13-10)9-6-4-8(2)5-7-9/h4-7,10H,3H2,1-2H3,(H,13,16). The third-order valence-corrected chi connectivity index (χ3v) is 2.72. The Hall–Kier alpha value is -1.84. The molecule has 0 radical (unpaired) electrons. The summed E-state index contributed by atoms with van der Waals surface area (Å²) in [7, 11) is 0. The van der Waals surface area contributed by atoms with Gasteiger partial charge in [-0.2, -0.15) is 0 Å². The van der Waals surface area contributed by atoms with Crippen molar-refractivity contribution in [2.75, 3.05) is 4.90 Å². The molecule has 0 spiro atoms. The third kappa shape index (κ3) is 1.66. The van der Waals surface area contributed by atoms with E-state index in [4.69, 9.17) is 0 Å². The first-order valence-corrected chi connectivity index (χ1v) is 5.34. The molecule has 84 valence electrons. The Morgan fingerprint density at radius 2 is 1.88 bits per heavy atom. The zero-order valence-corrected chi connectivity index (χ0v) is 9.36. The number of imide groups is 1. The molecular formula is C12H14N2O2. The van der Waals surface area contributed by atoms with E-state index in [-0.39, 0.29) is 18.0 Å². The molecule has 16 heavy (non-hydrogen) atoms. The van der Waals surface area contributed by atoms with Crippen LogP contribution in [0.5, 0.6) is 0 Å². The predicted molar refractivity (Wildman–Crippen MR) is 61.3 cm³/mol. The van der Waals surface area contributed by atoms with E-state index >= 15 is 0 Å². The quantitative estimate of drug-likeness (QED) is 0.770. The molecule has 4 nitrogen and oxygen atoms in total. The van der Waals surface area contributed by atoms with Crippen LogP contribution in [0, 0.1) is 6.92 Å². The lowest BCUT2D eigenvalue weighted by Gasteiger charge is -2.12. The van der Waals surface area contributed by atoms with Crippen molar-refractivity contribution in [3.05, 3.63) is 29.8 Å². The Balaban J connectivity index is 2.31. The van der Waals surface area contributed by atoms with Crippen molar-refractivity contribution in [2.45, 2.75) is 26.3 Å². The summed E-state index contributed by atoms with van der Waals surface area (Å²) in [6, 6.07) is 6.62. The zero-order chi connectivity index (χ0) is 11.7. The van der Waals surface area contributed by atoms with E-state index in [2.05, 4.69) is 5.32 Å². The van der Waals surface area contributed by atoms with Crippen molar-refractivity contribution in [3.63, 3.8) is 0 Å². The fourth-order valence-electron chi connectivity index (χ4n) is 1.75. The van der Waals surface area contributed by atoms with Gasteiger partial charge in [-0.3, -0.25) is 4.79 Å². The van der Waals surface area contributed by atoms with Crippen LogP contribution in [0.15, 0.2) is 24.3 Å². The van der Waals surface area contributed by atoms with Gasteiger partial charge in [-0.05, 0) is 25.5 Å². The Bertz CT molecular complexity index is 425. The first kappa shape index (κ1) is 10.7. The summed E-state index contributed by atoms with van der Waals surface area (Å²) in [6.07, 6.45) is 0.618. The molecule has 1 aliphatic rings. The summed E-state index contributed by atoms with van der Waals surface area (Å²) in [5, 5.41) is 2.65. The highest BCUT2D eigenvalue weighted by Gasteiger charge is 2.37. The summed E-state index contributed by atoms with van der Waals surface area (Å²) in [5.74, 6) is -0.170. The molecular weight excluding hydrogens is 204 g/mol. The second-order valence-corrected chi connectivity index (χ2v) is 3.92. The number of amides is 3. The van der Waals surface area contributed by atoms with Crippen LogP contribution < -0.4 is 10.2 Å². The molecule has 0 aromatic heterocycles. The maximum atomic E-state index is 11.9. The molecule has 1 heterocycles. The van der Waals surface area contributed by atoms with Crippen LogP contribution in [0.1, 0.15) is 18.9 Å². The number of urea groups is 1. The lowest BCUT2D eigenvalue weighted by molar-refractivity contribution is -0.118. The highest BCUT2D eigenvalue weighted by Crippen LogP contribution is 2.20. The summed E-state index contributed by atoms with van der Waals surface area (Å²) < 4.78 is 0. The van der Waals surface area contributed by atoms with Gasteiger partial charge in [-0.15, -0.1) is 0 Å². The van der Waals surface area contributed by atoms with Crippen LogP contribution in [0.4, 0.5) is 10.5 Å². The van der Waals surface area contributed by atoms with E-state index in [1.54, 1.807) is 12.1 Å². The van der Waals surface area contributed by atoms with Crippen molar-refractivity contribution >= 4 is 17.6 Å². The van der Waals surface area contributed by atoms with Gasteiger partial charge in [-0.1, -0.05) is 24.6 Å². The number of benzene rings is 1. The largest absolute Gasteiger partial charge is 0.329 e. The molecule has 1 N–H and O–H groups in total. The fraction of sp³-hybridized carbons (Fsp3) is 0.333. The van der Waals surface area contributed by atoms with E-state index in [0.717, 1.165) is 5.56 Å². The molecule has 1 aromatic carbocycles. The van der Waals surface area contributed by atoms with Crippen molar-refractivity contribution in [1.29, 1.82) is 0 Å². The average Bonchev–Trinajstić information content (AvgIpc) is 2.56. The van der Waals surface area contributed by atoms with Crippen molar-refractivity contribution in [2.24, 2.45) is 0 Å². The molecule has 3 amide bonds. The lowest BCUT2D eigenvalue weighted by atomic mass is 10.2. The van der Waals surface area contributed by atoms with Gasteiger partial charge in [0.05, 0.1) is 5.69 Å². The fourth-order valence-corrected chi connectivity index (χ4v) is 1.75. The van der Waals surface area contributed by atoms with E-state index in [1.807, 2.05) is 26.0 Å². The summed E-state index contributed by atoms with van der Waals surface area (Å²) in [6.45, 7) is 3.84. The number of carbonyl (C=O) groups is 2. The Kier molecular flexibility index (Phi) is 2.64. The highest BCUT2D eigenvalue weighted by molar-refractivity contribution is 6.21. The van der Waals surface area contributed by atoms with E-state index in [0.29, 0.717) is 12.1 Å². The highest BCUT2D eigenvalue weighted by atomic mass is 16.2. The molecule has 4 heteroatoms. The average molecular weight is 218 g/mol. The Morgan fingerprint density at radius 3 is 2.38 bits per heavy atom. The number of carbonyl (C=O) groups excluding carboxylic acids is 2. The van der Waals surface area contributed by atoms with Crippen LogP contribution in [0.2, 0.25) is 0 Å². The van der Waals surface area contributed by atoms with Crippen LogP contribution in [0.25, 0.3) is 0 Å². The van der Waals surface area contributed by atoms with E-state index < -0.39 is 0 Å². The number of aryl methyl sites for hydroxylation is 1. The molecule has 1 unspecified atom stereocenters. The Labute approximate surface area is 94.2 Å². The normalized spacial score (nSPS) is 20.1. The summed E-state index contributed by atoms with van der Waals surface area (Å²) in [4.78, 5) is 24.7. The Morgan fingerprint density at radius 1 is 1.25 bits per heavy atom. The van der Waals surface area contributed by atoms with Gasteiger partial charge < -0.3 is 5.32 Å². The van der Waals surface area contributed by atoms with Crippen LogP contribution >= 0.6 is 0 Å². The minimum absolute atomic E-state index is 0.170. The van der Waals surface area contributed by atoms with Gasteiger partial charge in [-0.25, -0.2) is 9.69 Å². The number of nitrogens with zero attached hydrogens (tertiary/aromatic N) is 1. The first-order valence-electron chi connectivity index (χ1n) is 5.34. The van der Waals surface area contributed by atoms with Gasteiger partial charge in [0.2, 0.25) is 0 Å². The maximum absolute atomic E-state index is 11.9. The number of anilines is 1. The molecule has 0 aliphatic carbocycles. The zero-order valence-electron chi connectivity index (χ0n) is 9.36. The van der Waals surface area contributed by atoms with Crippen LogP contribution in [0.3, 0.4) is 0 Å². The van der Waals surface area contributed by atoms with Crippen LogP contribution in [-0.2, 0) is 4.79 Å². The minimum Gasteiger partial charge on any atom is -0.325 e. The number of nitrogens with one attached hydrogen (secondary N) is 1. The van der Waals surface area contributed by atoms with Gasteiger partial charge >= 0.3 is 6.03 Å². The second kappa shape index (κ2) is 3.96. The molecule has 2 rings (SSSR count). The maximum Gasteiger partial charge on any atom is 0.329 e. The smallest absolute Gasteiger partial charge is 0.325 e. The first-order chi connectivity index (χ1) is 7.63. The summed E-state index contributed by atoms with van der Waals surface area (Å²) in [5.41, 5.74) is 1.73. The second-order valence-electron chi connectivity index (χ2n) is 3.92. The van der Waals surface area contributed by atoms with Crippen molar-refractivity contribution in [1.82, 2.24) is 5.32 Å². The summed E-state index contributed by atoms with van der Waals surface area (Å²) >= 11 is 0. The van der Waals surface area contributed by atoms with Gasteiger partial charge in [0.15, 0.2) is 0 Å². The monoisotopic (exact) mass is 218 g/mol. The number of hydrogen-bond acceptors (Lipinski definition) is 2. The molecule has 0 saturated carbocycles. The van der Waals surface area contributed by atoms with Crippen molar-refractivity contribution < 1.29 is 9.59 Å². The van der Waals surface area contributed by atoms with Crippen LogP contribution in [-0.4, -0.2) is 18.0 Å². The van der Waals surface area contributed by atoms with E-state index in [1.165, 1.54) is 4.90 Å². The van der Waals surface area contributed by atoms with Crippen molar-refractivity contribution in [3.8, 4) is 0 Å². The molecule has 1 aliphatic heterocycles. The lowest BCUT2D eigenvalue weighted by Crippen LogP contribution is -2.31. The minimum atomic E-state index is -0.381. The third-order valence-electron chi connectivity index (χ3n) is 2.72. The molecule has 1 aromatic rings. The van der Waals surface area contributed by atoms with E-state index in [9.17, 15) is 9.59 Å². The van der Waals surface area contributed by atoms with Gasteiger partial charge in [0.1, 0.15) is 6.04 Å². The van der Waals surface area contributed by atoms with Gasteiger partial charge in [0.25, 0.3) is 5.91 Å². The number of hydrogen-bond donors (Lipinski definition) is 1. The predicted octanol–water partition coefficient (Wildman–Crippen LogP) is 1.83. The molecule has 1 atom stereocenters. The molecule has 1 fully saturated rings. The number of rotatable bonds is 2. The SMILES string of the molecule is CCC1NC(=O)N(c2ccc(C)cc2)C1=O. The topological polar surface area (TPSA) is 49.4 Å². The van der Waals surface area contributed by atoms with Gasteiger partial charge in [0, 0.05) is 0 Å². The molecule has 0 bridgehead atoms.